The lowest BCUT2D eigenvalue weighted by atomic mass is 10.1. The van der Waals surface area contributed by atoms with Gasteiger partial charge >= 0.3 is 0 Å². The van der Waals surface area contributed by atoms with Gasteiger partial charge in [0.25, 0.3) is 0 Å². The van der Waals surface area contributed by atoms with Gasteiger partial charge in [-0.05, 0) is 31.0 Å². The Kier molecular flexibility index (Phi) is 2.69. The molecule has 1 aliphatic heterocycles. The van der Waals surface area contributed by atoms with Crippen LogP contribution in [0.15, 0.2) is 42.9 Å². The van der Waals surface area contributed by atoms with Crippen LogP contribution in [-0.4, -0.2) is 21.5 Å². The van der Waals surface area contributed by atoms with E-state index < -0.39 is 0 Å². The third-order valence-corrected chi connectivity index (χ3v) is 3.09. The highest BCUT2D eigenvalue weighted by atomic mass is 15.3. The molecule has 2 aromatic heterocycles. The van der Waals surface area contributed by atoms with Crippen LogP contribution in [0.25, 0.3) is 0 Å². The fourth-order valence-corrected chi connectivity index (χ4v) is 2.33. The summed E-state index contributed by atoms with van der Waals surface area (Å²) >= 11 is 0. The Morgan fingerprint density at radius 2 is 1.82 bits per heavy atom. The third kappa shape index (κ3) is 1.98. The van der Waals surface area contributed by atoms with E-state index >= 15 is 0 Å². The maximum absolute atomic E-state index is 4.44. The molecular weight excluding hydrogens is 212 g/mol. The Hall–Kier alpha value is -1.97. The molecule has 0 N–H and O–H groups in total. The highest BCUT2D eigenvalue weighted by Gasteiger charge is 2.28. The molecule has 0 spiro atoms. The van der Waals surface area contributed by atoms with Gasteiger partial charge in [-0.25, -0.2) is 9.97 Å². The van der Waals surface area contributed by atoms with Crippen molar-refractivity contribution in [1.29, 1.82) is 0 Å². The van der Waals surface area contributed by atoms with Crippen LogP contribution in [0, 0.1) is 0 Å². The van der Waals surface area contributed by atoms with Crippen molar-refractivity contribution < 1.29 is 0 Å². The normalized spacial score (nSPS) is 19.5. The lowest BCUT2D eigenvalue weighted by Gasteiger charge is -2.23. The van der Waals surface area contributed by atoms with Gasteiger partial charge in [-0.15, -0.1) is 0 Å². The second kappa shape index (κ2) is 4.49. The molecule has 4 nitrogen and oxygen atoms in total. The van der Waals surface area contributed by atoms with E-state index in [2.05, 4.69) is 25.9 Å². The fourth-order valence-electron chi connectivity index (χ4n) is 2.33. The van der Waals surface area contributed by atoms with Crippen LogP contribution >= 0.6 is 0 Å². The standard InChI is InChI=1S/C13H14N4/c1-2-7-14-11(5-1)12-6-3-10-17(12)13-15-8-4-9-16-13/h1-2,4-5,7-9,12H,3,6,10H2. The maximum Gasteiger partial charge on any atom is 0.225 e. The molecule has 1 aliphatic rings. The molecule has 1 fully saturated rings. The molecule has 86 valence electrons. The minimum atomic E-state index is 0.318. The Balaban J connectivity index is 1.91. The highest BCUT2D eigenvalue weighted by molar-refractivity contribution is 5.35. The number of nitrogens with zero attached hydrogens (tertiary/aromatic N) is 4. The zero-order valence-corrected chi connectivity index (χ0v) is 9.53. The maximum atomic E-state index is 4.44. The number of pyridine rings is 1. The first-order chi connectivity index (χ1) is 8.45. The van der Waals surface area contributed by atoms with Gasteiger partial charge in [0.2, 0.25) is 5.95 Å². The summed E-state index contributed by atoms with van der Waals surface area (Å²) in [6, 6.07) is 8.21. The van der Waals surface area contributed by atoms with Gasteiger partial charge in [-0.3, -0.25) is 4.98 Å². The van der Waals surface area contributed by atoms with E-state index in [0.29, 0.717) is 6.04 Å². The van der Waals surface area contributed by atoms with Crippen molar-refractivity contribution in [3.8, 4) is 0 Å². The number of aromatic nitrogens is 3. The minimum absolute atomic E-state index is 0.318. The van der Waals surface area contributed by atoms with Gasteiger partial charge in [0.15, 0.2) is 0 Å². The summed E-state index contributed by atoms with van der Waals surface area (Å²) in [6.07, 6.45) is 7.71. The third-order valence-electron chi connectivity index (χ3n) is 3.09. The highest BCUT2D eigenvalue weighted by Crippen LogP contribution is 2.32. The first-order valence-corrected chi connectivity index (χ1v) is 5.90. The summed E-state index contributed by atoms with van der Waals surface area (Å²) in [5.74, 6) is 0.806. The van der Waals surface area contributed by atoms with Crippen LogP contribution in [0.3, 0.4) is 0 Å². The molecule has 0 radical (unpaired) electrons. The van der Waals surface area contributed by atoms with Crippen molar-refractivity contribution in [2.75, 3.05) is 11.4 Å². The SMILES string of the molecule is c1ccc(C2CCCN2c2ncccn2)nc1. The second-order valence-corrected chi connectivity index (χ2v) is 4.15. The summed E-state index contributed by atoms with van der Waals surface area (Å²) in [7, 11) is 0. The Labute approximate surface area is 100 Å². The Morgan fingerprint density at radius 3 is 2.59 bits per heavy atom. The molecule has 0 saturated carbocycles. The molecule has 0 bridgehead atoms. The van der Waals surface area contributed by atoms with Crippen molar-refractivity contribution in [1.82, 2.24) is 15.0 Å². The zero-order valence-electron chi connectivity index (χ0n) is 9.53. The average Bonchev–Trinajstić information content (AvgIpc) is 2.90. The molecule has 0 amide bonds. The molecule has 3 rings (SSSR count). The van der Waals surface area contributed by atoms with Crippen LogP contribution in [0.5, 0.6) is 0 Å². The average molecular weight is 226 g/mol. The summed E-state index contributed by atoms with van der Waals surface area (Å²) < 4.78 is 0. The molecule has 0 aromatic carbocycles. The van der Waals surface area contributed by atoms with Crippen LogP contribution in [0.2, 0.25) is 0 Å². The van der Waals surface area contributed by atoms with Crippen molar-refractivity contribution in [2.45, 2.75) is 18.9 Å². The fraction of sp³-hybridized carbons (Fsp3) is 0.308. The molecule has 0 aliphatic carbocycles. The van der Waals surface area contributed by atoms with E-state index in [1.165, 1.54) is 6.42 Å². The first-order valence-electron chi connectivity index (χ1n) is 5.90. The minimum Gasteiger partial charge on any atom is -0.332 e. The van der Waals surface area contributed by atoms with Crippen LogP contribution in [0.1, 0.15) is 24.6 Å². The van der Waals surface area contributed by atoms with E-state index in [-0.39, 0.29) is 0 Å². The van der Waals surface area contributed by atoms with Crippen molar-refractivity contribution >= 4 is 5.95 Å². The van der Waals surface area contributed by atoms with Gasteiger partial charge < -0.3 is 4.90 Å². The lowest BCUT2D eigenvalue weighted by molar-refractivity contribution is 0.679. The van der Waals surface area contributed by atoms with Crippen molar-refractivity contribution in [3.05, 3.63) is 48.5 Å². The number of anilines is 1. The molecule has 4 heteroatoms. The number of hydrogen-bond donors (Lipinski definition) is 0. The molecule has 17 heavy (non-hydrogen) atoms. The van der Waals surface area contributed by atoms with E-state index in [0.717, 1.165) is 24.6 Å². The lowest BCUT2D eigenvalue weighted by Crippen LogP contribution is -2.25. The van der Waals surface area contributed by atoms with Crippen molar-refractivity contribution in [2.24, 2.45) is 0 Å². The summed E-state index contributed by atoms with van der Waals surface area (Å²) in [4.78, 5) is 15.3. The predicted molar refractivity (Wildman–Crippen MR) is 65.6 cm³/mol. The summed E-state index contributed by atoms with van der Waals surface area (Å²) in [6.45, 7) is 1.01. The summed E-state index contributed by atoms with van der Waals surface area (Å²) in [5.41, 5.74) is 1.11. The van der Waals surface area contributed by atoms with E-state index in [1.807, 2.05) is 24.4 Å². The van der Waals surface area contributed by atoms with Crippen LogP contribution in [0.4, 0.5) is 5.95 Å². The van der Waals surface area contributed by atoms with Crippen molar-refractivity contribution in [3.63, 3.8) is 0 Å². The quantitative estimate of drug-likeness (QED) is 0.787. The topological polar surface area (TPSA) is 41.9 Å². The van der Waals surface area contributed by atoms with Crippen LogP contribution < -0.4 is 4.90 Å². The predicted octanol–water partition coefficient (Wildman–Crippen LogP) is 2.21. The molecule has 1 atom stereocenters. The monoisotopic (exact) mass is 226 g/mol. The molecular formula is C13H14N4. The van der Waals surface area contributed by atoms with Gasteiger partial charge in [-0.2, -0.15) is 0 Å². The molecule has 3 heterocycles. The van der Waals surface area contributed by atoms with E-state index in [4.69, 9.17) is 0 Å². The Morgan fingerprint density at radius 1 is 1.00 bits per heavy atom. The van der Waals surface area contributed by atoms with Gasteiger partial charge in [0, 0.05) is 25.1 Å². The second-order valence-electron chi connectivity index (χ2n) is 4.15. The number of rotatable bonds is 2. The van der Waals surface area contributed by atoms with E-state index in [1.54, 1.807) is 12.4 Å². The van der Waals surface area contributed by atoms with Gasteiger partial charge in [0.05, 0.1) is 11.7 Å². The molecule has 2 aromatic rings. The van der Waals surface area contributed by atoms with E-state index in [9.17, 15) is 0 Å². The molecule has 1 unspecified atom stereocenters. The zero-order chi connectivity index (χ0) is 11.5. The summed E-state index contributed by atoms with van der Waals surface area (Å²) in [5, 5.41) is 0. The van der Waals surface area contributed by atoms with Crippen LogP contribution in [-0.2, 0) is 0 Å². The number of hydrogen-bond acceptors (Lipinski definition) is 4. The smallest absolute Gasteiger partial charge is 0.225 e. The van der Waals surface area contributed by atoms with Gasteiger partial charge in [-0.1, -0.05) is 6.07 Å². The van der Waals surface area contributed by atoms with Gasteiger partial charge in [0.1, 0.15) is 0 Å². The largest absolute Gasteiger partial charge is 0.332 e. The first kappa shape index (κ1) is 10.2. The molecule has 1 saturated heterocycles. The Bertz CT molecular complexity index is 426.